The molecule has 1 fully saturated rings. The second kappa shape index (κ2) is 6.53. The maximum Gasteiger partial charge on any atom is 0.416 e. The van der Waals surface area contributed by atoms with Gasteiger partial charge in [0, 0.05) is 31.5 Å². The number of likely N-dealkylation sites (tertiary alicyclic amines) is 1. The summed E-state index contributed by atoms with van der Waals surface area (Å²) in [6, 6.07) is 7.14. The molecule has 1 aliphatic rings. The Hall–Kier alpha value is -1.92. The average Bonchev–Trinajstić information content (AvgIpc) is 2.87. The molecule has 2 atom stereocenters. The van der Waals surface area contributed by atoms with Crippen LogP contribution in [-0.4, -0.2) is 27.6 Å². The zero-order valence-electron chi connectivity index (χ0n) is 13.3. The van der Waals surface area contributed by atoms with Crippen LogP contribution in [0.4, 0.5) is 13.2 Å². The van der Waals surface area contributed by atoms with Gasteiger partial charge >= 0.3 is 6.18 Å². The van der Waals surface area contributed by atoms with Gasteiger partial charge in [0.1, 0.15) is 0 Å². The molecule has 24 heavy (non-hydrogen) atoms. The summed E-state index contributed by atoms with van der Waals surface area (Å²) in [5.74, 6) is 0. The number of pyridine rings is 1. The summed E-state index contributed by atoms with van der Waals surface area (Å²) in [6.07, 6.45) is -0.964. The molecule has 1 aromatic heterocycles. The monoisotopic (exact) mass is 336 g/mol. The number of aliphatic hydroxyl groups is 1. The van der Waals surface area contributed by atoms with Crippen LogP contribution in [0.1, 0.15) is 34.7 Å². The zero-order chi connectivity index (χ0) is 17.3. The molecule has 1 saturated heterocycles. The molecule has 0 bridgehead atoms. The summed E-state index contributed by atoms with van der Waals surface area (Å²) < 4.78 is 38.8. The van der Waals surface area contributed by atoms with Crippen molar-refractivity contribution in [1.82, 2.24) is 9.88 Å². The molecular formula is C18H19F3N2O. The maximum atomic E-state index is 12.9. The van der Waals surface area contributed by atoms with Gasteiger partial charge in [0.25, 0.3) is 0 Å². The quantitative estimate of drug-likeness (QED) is 0.928. The van der Waals surface area contributed by atoms with E-state index in [2.05, 4.69) is 4.98 Å². The molecule has 0 saturated carbocycles. The Labute approximate surface area is 138 Å². The first-order valence-electron chi connectivity index (χ1n) is 7.83. The van der Waals surface area contributed by atoms with Crippen LogP contribution in [0.2, 0.25) is 0 Å². The van der Waals surface area contributed by atoms with Crippen molar-refractivity contribution < 1.29 is 18.3 Å². The van der Waals surface area contributed by atoms with Crippen LogP contribution >= 0.6 is 0 Å². The number of aromatic nitrogens is 1. The lowest BCUT2D eigenvalue weighted by atomic mass is 10.0. The van der Waals surface area contributed by atoms with Crippen molar-refractivity contribution in [3.8, 4) is 0 Å². The van der Waals surface area contributed by atoms with Crippen molar-refractivity contribution >= 4 is 0 Å². The Morgan fingerprint density at radius 1 is 1.25 bits per heavy atom. The molecule has 1 N–H and O–H groups in total. The minimum Gasteiger partial charge on any atom is -0.392 e. The molecule has 0 spiro atoms. The third kappa shape index (κ3) is 3.76. The SMILES string of the molecule is Cc1cncc(CN2C[C@@H](O)C[C@H]2c2cccc(C(F)(F)F)c2)c1. The highest BCUT2D eigenvalue weighted by molar-refractivity contribution is 5.29. The number of nitrogens with zero attached hydrogens (tertiary/aromatic N) is 2. The molecule has 0 amide bonds. The van der Waals surface area contributed by atoms with Crippen LogP contribution in [0.25, 0.3) is 0 Å². The summed E-state index contributed by atoms with van der Waals surface area (Å²) in [4.78, 5) is 6.16. The number of benzene rings is 1. The summed E-state index contributed by atoms with van der Waals surface area (Å²) in [6.45, 7) is 2.93. The topological polar surface area (TPSA) is 36.4 Å². The van der Waals surface area contributed by atoms with Gasteiger partial charge in [0.05, 0.1) is 11.7 Å². The Bertz CT molecular complexity index is 717. The molecule has 2 heterocycles. The molecule has 2 aromatic rings. The van der Waals surface area contributed by atoms with Gasteiger partial charge in [-0.25, -0.2) is 0 Å². The van der Waals surface area contributed by atoms with E-state index in [0.717, 1.165) is 17.2 Å². The minimum atomic E-state index is -4.36. The third-order valence-corrected chi connectivity index (χ3v) is 4.30. The van der Waals surface area contributed by atoms with Gasteiger partial charge in [-0.2, -0.15) is 13.2 Å². The minimum absolute atomic E-state index is 0.234. The molecule has 6 heteroatoms. The number of β-amino-alcohol motifs (C(OH)–C–C–N with tert-alkyl or cyclic N) is 1. The highest BCUT2D eigenvalue weighted by Gasteiger charge is 2.35. The number of aryl methyl sites for hydroxylation is 1. The van der Waals surface area contributed by atoms with E-state index in [9.17, 15) is 18.3 Å². The van der Waals surface area contributed by atoms with Crippen molar-refractivity contribution in [3.05, 3.63) is 65.0 Å². The molecule has 0 radical (unpaired) electrons. The average molecular weight is 336 g/mol. The van der Waals surface area contributed by atoms with Crippen molar-refractivity contribution in [2.75, 3.05) is 6.54 Å². The van der Waals surface area contributed by atoms with E-state index in [-0.39, 0.29) is 6.04 Å². The van der Waals surface area contributed by atoms with E-state index >= 15 is 0 Å². The molecule has 0 aliphatic carbocycles. The highest BCUT2D eigenvalue weighted by atomic mass is 19.4. The number of alkyl halides is 3. The fourth-order valence-corrected chi connectivity index (χ4v) is 3.26. The van der Waals surface area contributed by atoms with E-state index < -0.39 is 17.8 Å². The Balaban J connectivity index is 1.85. The molecule has 1 aromatic carbocycles. The summed E-state index contributed by atoms with van der Waals surface area (Å²) >= 11 is 0. The Morgan fingerprint density at radius 2 is 2.04 bits per heavy atom. The van der Waals surface area contributed by atoms with Crippen molar-refractivity contribution in [3.63, 3.8) is 0 Å². The molecule has 1 aliphatic heterocycles. The number of hydrogen-bond acceptors (Lipinski definition) is 3. The Kier molecular flexibility index (Phi) is 4.60. The second-order valence-electron chi connectivity index (χ2n) is 6.33. The first-order chi connectivity index (χ1) is 11.3. The fourth-order valence-electron chi connectivity index (χ4n) is 3.26. The predicted octanol–water partition coefficient (Wildman–Crippen LogP) is 3.72. The van der Waals surface area contributed by atoms with E-state index in [4.69, 9.17) is 0 Å². The summed E-state index contributed by atoms with van der Waals surface area (Å²) in [5, 5.41) is 10.0. The van der Waals surface area contributed by atoms with Crippen LogP contribution in [-0.2, 0) is 12.7 Å². The van der Waals surface area contributed by atoms with E-state index in [1.54, 1.807) is 18.5 Å². The third-order valence-electron chi connectivity index (χ3n) is 4.30. The standard InChI is InChI=1S/C18H19F3N2O/c1-12-5-13(9-22-8-12)10-23-11-16(24)7-17(23)14-3-2-4-15(6-14)18(19,20)21/h2-6,8-9,16-17,24H,7,10-11H2,1H3/t16-,17-/m0/s1. The van der Waals surface area contributed by atoms with Gasteiger partial charge in [-0.3, -0.25) is 9.88 Å². The smallest absolute Gasteiger partial charge is 0.392 e. The van der Waals surface area contributed by atoms with Crippen LogP contribution < -0.4 is 0 Å². The van der Waals surface area contributed by atoms with Crippen LogP contribution in [0.5, 0.6) is 0 Å². The van der Waals surface area contributed by atoms with Gasteiger partial charge in [-0.1, -0.05) is 18.2 Å². The first-order valence-corrected chi connectivity index (χ1v) is 7.83. The van der Waals surface area contributed by atoms with Gasteiger partial charge < -0.3 is 5.11 Å². The van der Waals surface area contributed by atoms with Gasteiger partial charge in [-0.15, -0.1) is 0 Å². The lowest BCUT2D eigenvalue weighted by molar-refractivity contribution is -0.137. The number of rotatable bonds is 3. The summed E-state index contributed by atoms with van der Waals surface area (Å²) in [5.41, 5.74) is 1.95. The van der Waals surface area contributed by atoms with Crippen LogP contribution in [0.3, 0.4) is 0 Å². The molecular weight excluding hydrogens is 317 g/mol. The van der Waals surface area contributed by atoms with Gasteiger partial charge in [-0.05, 0) is 42.2 Å². The predicted molar refractivity (Wildman–Crippen MR) is 84.2 cm³/mol. The Morgan fingerprint density at radius 3 is 2.75 bits per heavy atom. The van der Waals surface area contributed by atoms with Crippen molar-refractivity contribution in [2.45, 2.75) is 38.2 Å². The first kappa shape index (κ1) is 16.9. The number of halogens is 3. The maximum absolute atomic E-state index is 12.9. The normalized spacial score (nSPS) is 22.0. The van der Waals surface area contributed by atoms with Crippen LogP contribution in [0.15, 0.2) is 42.7 Å². The van der Waals surface area contributed by atoms with E-state index in [0.29, 0.717) is 25.1 Å². The molecule has 3 rings (SSSR count). The lowest BCUT2D eigenvalue weighted by Gasteiger charge is -2.25. The number of hydrogen-bond donors (Lipinski definition) is 1. The van der Waals surface area contributed by atoms with Gasteiger partial charge in [0.2, 0.25) is 0 Å². The molecule has 128 valence electrons. The number of aliphatic hydroxyl groups excluding tert-OH is 1. The van der Waals surface area contributed by atoms with E-state index in [1.807, 2.05) is 17.9 Å². The van der Waals surface area contributed by atoms with Crippen molar-refractivity contribution in [1.29, 1.82) is 0 Å². The molecule has 0 unspecified atom stereocenters. The lowest BCUT2D eigenvalue weighted by Crippen LogP contribution is -2.24. The summed E-state index contributed by atoms with van der Waals surface area (Å²) in [7, 11) is 0. The van der Waals surface area contributed by atoms with Crippen molar-refractivity contribution in [2.24, 2.45) is 0 Å². The highest BCUT2D eigenvalue weighted by Crippen LogP contribution is 2.36. The second-order valence-corrected chi connectivity index (χ2v) is 6.33. The van der Waals surface area contributed by atoms with E-state index in [1.165, 1.54) is 12.1 Å². The zero-order valence-corrected chi connectivity index (χ0v) is 13.3. The van der Waals surface area contributed by atoms with Crippen LogP contribution in [0, 0.1) is 6.92 Å². The van der Waals surface area contributed by atoms with Gasteiger partial charge in [0.15, 0.2) is 0 Å². The fraction of sp³-hybridized carbons (Fsp3) is 0.389. The largest absolute Gasteiger partial charge is 0.416 e. The molecule has 3 nitrogen and oxygen atoms in total.